The molecule has 0 saturated heterocycles. The van der Waals surface area contributed by atoms with Crippen LogP contribution in [0, 0.1) is 17.8 Å². The van der Waals surface area contributed by atoms with E-state index in [9.17, 15) is 19.4 Å². The second-order valence-corrected chi connectivity index (χ2v) is 8.43. The predicted octanol–water partition coefficient (Wildman–Crippen LogP) is 5.01. The summed E-state index contributed by atoms with van der Waals surface area (Å²) in [4.78, 5) is 10.6. The highest BCUT2D eigenvalue weighted by Crippen LogP contribution is 2.38. The van der Waals surface area contributed by atoms with Crippen LogP contribution in [0.15, 0.2) is 23.8 Å². The first-order valence-corrected chi connectivity index (χ1v) is 10.3. The van der Waals surface area contributed by atoms with Gasteiger partial charge in [-0.25, -0.2) is 9.18 Å². The summed E-state index contributed by atoms with van der Waals surface area (Å²) in [6.45, 7) is 6.44. The molecule has 0 spiro atoms. The van der Waals surface area contributed by atoms with Crippen LogP contribution < -0.4 is 0 Å². The molecule has 2 unspecified atom stereocenters. The van der Waals surface area contributed by atoms with Crippen LogP contribution in [-0.2, 0) is 4.79 Å². The molecule has 1 rings (SSSR count). The number of hydrogen-bond acceptors (Lipinski definition) is 3. The van der Waals surface area contributed by atoms with Crippen molar-refractivity contribution in [3.63, 3.8) is 0 Å². The van der Waals surface area contributed by atoms with Crippen molar-refractivity contribution in [2.24, 2.45) is 17.8 Å². The Bertz CT molecular complexity index is 508. The fourth-order valence-corrected chi connectivity index (χ4v) is 3.74. The van der Waals surface area contributed by atoms with Crippen molar-refractivity contribution in [2.75, 3.05) is 0 Å². The van der Waals surface area contributed by atoms with Gasteiger partial charge in [-0.15, -0.1) is 0 Å². The van der Waals surface area contributed by atoms with E-state index in [1.807, 2.05) is 0 Å². The van der Waals surface area contributed by atoms with Crippen molar-refractivity contribution >= 4 is 5.97 Å². The Hall–Kier alpha value is -1.20. The van der Waals surface area contributed by atoms with Crippen molar-refractivity contribution in [1.82, 2.24) is 0 Å². The summed E-state index contributed by atoms with van der Waals surface area (Å²) in [6.07, 6.45) is 11.9. The number of aliphatic hydroxyl groups is 2. The molecule has 3 N–H and O–H groups in total. The average molecular weight is 385 g/mol. The van der Waals surface area contributed by atoms with Crippen LogP contribution in [0.1, 0.15) is 78.6 Å². The van der Waals surface area contributed by atoms with E-state index in [4.69, 9.17) is 5.11 Å². The lowest BCUT2D eigenvalue weighted by Gasteiger charge is -2.19. The minimum atomic E-state index is -2.65. The van der Waals surface area contributed by atoms with E-state index in [0.717, 1.165) is 32.1 Å². The zero-order valence-corrected chi connectivity index (χ0v) is 17.0. The lowest BCUT2D eigenvalue weighted by Crippen LogP contribution is -2.37. The summed E-state index contributed by atoms with van der Waals surface area (Å²) in [6, 6.07) is 0. The highest BCUT2D eigenvalue weighted by Gasteiger charge is 2.34. The summed E-state index contributed by atoms with van der Waals surface area (Å²) in [5, 5.41) is 27.2. The van der Waals surface area contributed by atoms with Gasteiger partial charge in [-0.05, 0) is 70.1 Å². The highest BCUT2D eigenvalue weighted by atomic mass is 19.1. The monoisotopic (exact) mass is 384 g/mol. The molecule has 1 saturated carbocycles. The second kappa shape index (κ2) is 11.6. The van der Waals surface area contributed by atoms with Crippen LogP contribution in [0.25, 0.3) is 0 Å². The average Bonchev–Trinajstić information content (AvgIpc) is 2.92. The molecule has 156 valence electrons. The number of halogens is 1. The fraction of sp³-hybridized carbons (Fsp3) is 0.773. The third kappa shape index (κ3) is 9.02. The lowest BCUT2D eigenvalue weighted by atomic mass is 9.88. The van der Waals surface area contributed by atoms with Crippen LogP contribution >= 0.6 is 0 Å². The maximum Gasteiger partial charge on any atom is 0.364 e. The second-order valence-electron chi connectivity index (χ2n) is 8.43. The molecule has 0 heterocycles. The molecular weight excluding hydrogens is 347 g/mol. The normalized spacial score (nSPS) is 24.3. The molecule has 1 aliphatic rings. The minimum absolute atomic E-state index is 0.0295. The number of carbonyl (C=O) groups is 1. The van der Waals surface area contributed by atoms with E-state index in [1.165, 1.54) is 5.57 Å². The maximum atomic E-state index is 14.2. The molecule has 0 amide bonds. The van der Waals surface area contributed by atoms with E-state index < -0.39 is 17.9 Å². The van der Waals surface area contributed by atoms with E-state index in [1.54, 1.807) is 0 Å². The highest BCUT2D eigenvalue weighted by molar-refractivity contribution is 5.74. The zero-order chi connectivity index (χ0) is 20.4. The molecule has 4 nitrogen and oxygen atoms in total. The molecule has 0 aliphatic heterocycles. The molecule has 4 atom stereocenters. The third-order valence-electron chi connectivity index (χ3n) is 5.55. The Morgan fingerprint density at radius 2 is 1.89 bits per heavy atom. The van der Waals surface area contributed by atoms with Gasteiger partial charge in [-0.3, -0.25) is 0 Å². The Morgan fingerprint density at radius 1 is 1.19 bits per heavy atom. The number of alkyl halides is 1. The number of carboxylic acids is 1. The minimum Gasteiger partial charge on any atom is -0.477 e. The van der Waals surface area contributed by atoms with Crippen LogP contribution in [0.2, 0.25) is 0 Å². The van der Waals surface area contributed by atoms with Gasteiger partial charge in [0.1, 0.15) is 6.17 Å². The zero-order valence-electron chi connectivity index (χ0n) is 17.0. The first kappa shape index (κ1) is 23.8. The lowest BCUT2D eigenvalue weighted by molar-refractivity contribution is -0.205. The molecule has 0 aromatic heterocycles. The number of carboxylic acid groups (broad SMARTS) is 1. The quantitative estimate of drug-likeness (QED) is 0.251. The largest absolute Gasteiger partial charge is 0.477 e. The Labute approximate surface area is 163 Å². The topological polar surface area (TPSA) is 77.8 Å². The first-order valence-electron chi connectivity index (χ1n) is 10.3. The fourth-order valence-electron chi connectivity index (χ4n) is 3.74. The number of unbranched alkanes of at least 4 members (excludes halogenated alkanes) is 2. The Morgan fingerprint density at radius 3 is 2.52 bits per heavy atom. The van der Waals surface area contributed by atoms with Crippen molar-refractivity contribution in [2.45, 2.75) is 90.5 Å². The van der Waals surface area contributed by atoms with Crippen LogP contribution in [0.5, 0.6) is 0 Å². The standard InChI is InChI=1S/C22H37FO4/c1-16(2)11-12-17(3)8-7-9-18-13-14-20(23)19(18)10-5-4-6-15-22(26,27)21(24)25/h7,9,11,17-20,26-27H,4-6,8,10,12-15H2,1-3H3,(H,24,25)/t17?,18-,19+,20?/m0/s1. The first-order chi connectivity index (χ1) is 12.6. The summed E-state index contributed by atoms with van der Waals surface area (Å²) in [5.41, 5.74) is 1.34. The Balaban J connectivity index is 2.35. The number of aliphatic carboxylic acids is 1. The molecule has 1 fully saturated rings. The number of hydrogen-bond donors (Lipinski definition) is 3. The van der Waals surface area contributed by atoms with Crippen molar-refractivity contribution in [1.29, 1.82) is 0 Å². The van der Waals surface area contributed by atoms with Crippen molar-refractivity contribution in [3.05, 3.63) is 23.8 Å². The molecule has 1 aliphatic carbocycles. The van der Waals surface area contributed by atoms with Gasteiger partial charge in [-0.1, -0.05) is 43.6 Å². The van der Waals surface area contributed by atoms with E-state index in [0.29, 0.717) is 25.2 Å². The molecule has 5 heteroatoms. The number of allylic oxidation sites excluding steroid dienone is 4. The maximum absolute atomic E-state index is 14.2. The molecule has 0 bridgehead atoms. The van der Waals surface area contributed by atoms with Gasteiger partial charge in [0.25, 0.3) is 5.79 Å². The van der Waals surface area contributed by atoms with Crippen LogP contribution in [0.3, 0.4) is 0 Å². The number of rotatable bonds is 12. The summed E-state index contributed by atoms with van der Waals surface area (Å²) in [5.74, 6) is -3.37. The van der Waals surface area contributed by atoms with E-state index in [2.05, 4.69) is 39.0 Å². The summed E-state index contributed by atoms with van der Waals surface area (Å²) < 4.78 is 14.2. The van der Waals surface area contributed by atoms with Gasteiger partial charge in [-0.2, -0.15) is 0 Å². The molecule has 0 aromatic carbocycles. The van der Waals surface area contributed by atoms with Crippen LogP contribution in [-0.4, -0.2) is 33.2 Å². The third-order valence-corrected chi connectivity index (χ3v) is 5.55. The smallest absolute Gasteiger partial charge is 0.364 e. The van der Waals surface area contributed by atoms with Crippen molar-refractivity contribution in [3.8, 4) is 0 Å². The van der Waals surface area contributed by atoms with Crippen molar-refractivity contribution < 1.29 is 24.5 Å². The predicted molar refractivity (Wildman–Crippen MR) is 106 cm³/mol. The van der Waals surface area contributed by atoms with Gasteiger partial charge in [0.15, 0.2) is 0 Å². The van der Waals surface area contributed by atoms with Crippen LogP contribution in [0.4, 0.5) is 4.39 Å². The van der Waals surface area contributed by atoms with E-state index >= 15 is 0 Å². The van der Waals surface area contributed by atoms with Gasteiger partial charge in [0.2, 0.25) is 0 Å². The van der Waals surface area contributed by atoms with Gasteiger partial charge in [0.05, 0.1) is 0 Å². The summed E-state index contributed by atoms with van der Waals surface area (Å²) >= 11 is 0. The van der Waals surface area contributed by atoms with Gasteiger partial charge >= 0.3 is 5.97 Å². The summed E-state index contributed by atoms with van der Waals surface area (Å²) in [7, 11) is 0. The SMILES string of the molecule is CC(C)=CCC(C)CC=C[C@H]1CCC(F)[C@@H]1CCCCCC(O)(O)C(=O)O. The Kier molecular flexibility index (Phi) is 10.2. The molecule has 27 heavy (non-hydrogen) atoms. The molecular formula is C22H37FO4. The molecule has 0 aromatic rings. The van der Waals surface area contributed by atoms with Gasteiger partial charge < -0.3 is 15.3 Å². The molecule has 0 radical (unpaired) electrons. The van der Waals surface area contributed by atoms with Gasteiger partial charge in [0, 0.05) is 6.42 Å². The van der Waals surface area contributed by atoms with E-state index in [-0.39, 0.29) is 18.3 Å².